The Labute approximate surface area is 213 Å². The van der Waals surface area contributed by atoms with Gasteiger partial charge in [-0.1, -0.05) is 11.6 Å². The molecule has 0 aliphatic heterocycles. The quantitative estimate of drug-likeness (QED) is 0.259. The fourth-order valence-electron chi connectivity index (χ4n) is 3.81. The molecule has 1 N–H and O–H groups in total. The molecule has 0 amide bonds. The molecule has 2 aromatic carbocycles. The Kier molecular flexibility index (Phi) is 7.22. The summed E-state index contributed by atoms with van der Waals surface area (Å²) in [7, 11) is 9.12. The first-order chi connectivity index (χ1) is 17.2. The van der Waals surface area contributed by atoms with Crippen molar-refractivity contribution in [1.82, 2.24) is 24.4 Å². The minimum Gasteiger partial charge on any atom is -0.494 e. The van der Waals surface area contributed by atoms with Crippen LogP contribution in [0.15, 0.2) is 42.6 Å². The van der Waals surface area contributed by atoms with Gasteiger partial charge in [0.15, 0.2) is 5.82 Å². The summed E-state index contributed by atoms with van der Waals surface area (Å²) in [6, 6.07) is 10.3. The topological polar surface area (TPSA) is 114 Å². The number of imidazole rings is 1. The van der Waals surface area contributed by atoms with Gasteiger partial charge in [0.05, 0.1) is 28.8 Å². The van der Waals surface area contributed by atoms with Crippen LogP contribution in [0.5, 0.6) is 5.75 Å². The molecule has 0 aliphatic rings. The number of halogens is 1. The summed E-state index contributed by atoms with van der Waals surface area (Å²) < 4.78 is 7.47. The van der Waals surface area contributed by atoms with E-state index in [0.29, 0.717) is 40.2 Å². The number of nitrogens with one attached hydrogen (secondary N) is 1. The lowest BCUT2D eigenvalue weighted by Crippen LogP contribution is -2.28. The lowest BCUT2D eigenvalue weighted by atomic mass is 10.2. The highest BCUT2D eigenvalue weighted by molar-refractivity contribution is 6.31. The highest BCUT2D eigenvalue weighted by atomic mass is 35.5. The van der Waals surface area contributed by atoms with Crippen LogP contribution < -0.4 is 15.0 Å². The Morgan fingerprint density at radius 2 is 1.92 bits per heavy atom. The van der Waals surface area contributed by atoms with E-state index in [2.05, 4.69) is 20.3 Å². The maximum Gasteiger partial charge on any atom is 0.294 e. The van der Waals surface area contributed by atoms with Gasteiger partial charge in [0.2, 0.25) is 5.95 Å². The van der Waals surface area contributed by atoms with E-state index in [1.807, 2.05) is 54.7 Å². The lowest BCUT2D eigenvalue weighted by Gasteiger charge is -2.22. The van der Waals surface area contributed by atoms with Crippen molar-refractivity contribution < 1.29 is 9.66 Å². The zero-order valence-electron chi connectivity index (χ0n) is 20.7. The molecule has 12 heteroatoms. The Balaban J connectivity index is 1.69. The van der Waals surface area contributed by atoms with Crippen molar-refractivity contribution in [2.24, 2.45) is 7.05 Å². The fraction of sp³-hybridized carbons (Fsp3) is 0.292. The smallest absolute Gasteiger partial charge is 0.294 e. The predicted molar refractivity (Wildman–Crippen MR) is 142 cm³/mol. The van der Waals surface area contributed by atoms with E-state index in [9.17, 15) is 10.1 Å². The minimum absolute atomic E-state index is 0.0528. The molecule has 2 aromatic heterocycles. The molecular weight excluding hydrogens is 484 g/mol. The molecule has 0 atom stereocenters. The summed E-state index contributed by atoms with van der Waals surface area (Å²) >= 11 is 6.12. The van der Waals surface area contributed by atoms with Crippen molar-refractivity contribution in [3.63, 3.8) is 0 Å². The third kappa shape index (κ3) is 5.16. The number of likely N-dealkylation sites (N-methyl/N-ethyl adjacent to an activating group) is 2. The van der Waals surface area contributed by atoms with Gasteiger partial charge in [-0.25, -0.2) is 15.0 Å². The number of nitro benzene ring substituents is 1. The van der Waals surface area contributed by atoms with Gasteiger partial charge < -0.3 is 24.4 Å². The van der Waals surface area contributed by atoms with Gasteiger partial charge in [0.25, 0.3) is 5.69 Å². The maximum atomic E-state index is 11.9. The minimum atomic E-state index is -0.409. The van der Waals surface area contributed by atoms with Crippen LogP contribution in [0.2, 0.25) is 5.02 Å². The highest BCUT2D eigenvalue weighted by Crippen LogP contribution is 2.39. The van der Waals surface area contributed by atoms with Crippen LogP contribution in [0.4, 0.5) is 23.0 Å². The van der Waals surface area contributed by atoms with Gasteiger partial charge in [-0.3, -0.25) is 10.1 Å². The molecule has 0 spiro atoms. The number of aryl methyl sites for hydroxylation is 1. The average Bonchev–Trinajstić information content (AvgIpc) is 3.17. The second-order valence-electron chi connectivity index (χ2n) is 8.54. The van der Waals surface area contributed by atoms with Crippen LogP contribution in [0.3, 0.4) is 0 Å². The van der Waals surface area contributed by atoms with Gasteiger partial charge in [-0.15, -0.1) is 0 Å². The van der Waals surface area contributed by atoms with Crippen LogP contribution in [0, 0.1) is 10.1 Å². The van der Waals surface area contributed by atoms with E-state index in [1.165, 1.54) is 13.2 Å². The number of anilines is 3. The van der Waals surface area contributed by atoms with E-state index in [1.54, 1.807) is 24.4 Å². The lowest BCUT2D eigenvalue weighted by molar-refractivity contribution is -0.384. The predicted octanol–water partition coefficient (Wildman–Crippen LogP) is 4.34. The number of fused-ring (bicyclic) bond motifs is 1. The number of methoxy groups -OCH3 is 1. The van der Waals surface area contributed by atoms with Gasteiger partial charge in [0.1, 0.15) is 17.1 Å². The van der Waals surface area contributed by atoms with Crippen LogP contribution in [0.25, 0.3) is 22.6 Å². The second-order valence-corrected chi connectivity index (χ2v) is 8.98. The van der Waals surface area contributed by atoms with Crippen LogP contribution >= 0.6 is 11.6 Å². The molecule has 0 aliphatic carbocycles. The molecule has 36 heavy (non-hydrogen) atoms. The Hall–Kier alpha value is -3.96. The number of nitrogens with zero attached hydrogens (tertiary/aromatic N) is 7. The Morgan fingerprint density at radius 1 is 1.14 bits per heavy atom. The number of rotatable bonds is 9. The van der Waals surface area contributed by atoms with Gasteiger partial charge in [-0.2, -0.15) is 0 Å². The van der Waals surface area contributed by atoms with E-state index < -0.39 is 4.92 Å². The maximum absolute atomic E-state index is 11.9. The summed E-state index contributed by atoms with van der Waals surface area (Å²) in [5, 5.41) is 15.6. The number of hydrogen-bond donors (Lipinski definition) is 1. The van der Waals surface area contributed by atoms with Crippen LogP contribution in [0.1, 0.15) is 0 Å². The summed E-state index contributed by atoms with van der Waals surface area (Å²) in [5.41, 5.74) is 3.02. The molecule has 188 valence electrons. The molecule has 4 rings (SSSR count). The van der Waals surface area contributed by atoms with E-state index in [0.717, 1.165) is 17.6 Å². The number of hydrogen-bond acceptors (Lipinski definition) is 9. The number of aromatic nitrogens is 4. The fourth-order valence-corrected chi connectivity index (χ4v) is 3.98. The highest BCUT2D eigenvalue weighted by Gasteiger charge is 2.22. The van der Waals surface area contributed by atoms with Crippen LogP contribution in [-0.4, -0.2) is 70.7 Å². The molecule has 2 heterocycles. The third-order valence-corrected chi connectivity index (χ3v) is 6.00. The number of benzene rings is 2. The monoisotopic (exact) mass is 510 g/mol. The summed E-state index contributed by atoms with van der Waals surface area (Å²) in [6.45, 7) is 1.35. The van der Waals surface area contributed by atoms with Crippen LogP contribution in [-0.2, 0) is 7.05 Å². The molecule has 4 aromatic rings. The molecule has 0 unspecified atom stereocenters. The summed E-state index contributed by atoms with van der Waals surface area (Å²) in [6.07, 6.45) is 1.60. The average molecular weight is 511 g/mol. The largest absolute Gasteiger partial charge is 0.494 e. The van der Waals surface area contributed by atoms with Crippen molar-refractivity contribution in [2.75, 3.05) is 51.6 Å². The van der Waals surface area contributed by atoms with Crippen molar-refractivity contribution in [1.29, 1.82) is 0 Å². The van der Waals surface area contributed by atoms with Crippen molar-refractivity contribution in [3.8, 4) is 17.3 Å². The first-order valence-corrected chi connectivity index (χ1v) is 11.5. The van der Waals surface area contributed by atoms with E-state index in [4.69, 9.17) is 16.3 Å². The van der Waals surface area contributed by atoms with E-state index in [-0.39, 0.29) is 11.6 Å². The number of ether oxygens (including phenoxy) is 1. The van der Waals surface area contributed by atoms with Crippen molar-refractivity contribution >= 4 is 45.6 Å². The SMILES string of the molecule is COc1cc(N(C)CCN(C)C)c([N+](=O)[O-])cc1Nc1nccc(-c2nc3cc(Cl)ccc3n2C)n1. The third-order valence-electron chi connectivity index (χ3n) is 5.76. The summed E-state index contributed by atoms with van der Waals surface area (Å²) in [5.74, 6) is 1.31. The molecule has 0 saturated carbocycles. The molecule has 0 bridgehead atoms. The zero-order valence-corrected chi connectivity index (χ0v) is 21.4. The Morgan fingerprint density at radius 3 is 2.61 bits per heavy atom. The molecule has 0 fully saturated rings. The van der Waals surface area contributed by atoms with Crippen molar-refractivity contribution in [2.45, 2.75) is 0 Å². The van der Waals surface area contributed by atoms with Gasteiger partial charge in [0, 0.05) is 50.5 Å². The number of nitro groups is 1. The van der Waals surface area contributed by atoms with E-state index >= 15 is 0 Å². The standard InChI is InChI=1S/C24H27ClN8O3/c1-30(2)10-11-31(3)20-14-22(36-5)18(13-21(20)33(34)35)29-24-26-9-8-16(28-24)23-27-17-12-15(25)6-7-19(17)32(23)4/h6-9,12-14H,10-11H2,1-5H3,(H,26,28,29). The summed E-state index contributed by atoms with van der Waals surface area (Å²) in [4.78, 5) is 28.9. The zero-order chi connectivity index (χ0) is 26.0. The van der Waals surface area contributed by atoms with Gasteiger partial charge >= 0.3 is 0 Å². The normalized spacial score (nSPS) is 11.2. The Bertz CT molecular complexity index is 1420. The van der Waals surface area contributed by atoms with Crippen molar-refractivity contribution in [3.05, 3.63) is 57.7 Å². The molecular formula is C24H27ClN8O3. The molecule has 0 radical (unpaired) electrons. The second kappa shape index (κ2) is 10.3. The van der Waals surface area contributed by atoms with Gasteiger partial charge in [-0.05, 0) is 38.4 Å². The first kappa shape index (κ1) is 25.1. The molecule has 0 saturated heterocycles. The first-order valence-electron chi connectivity index (χ1n) is 11.1. The molecule has 11 nitrogen and oxygen atoms in total.